The van der Waals surface area contributed by atoms with Crippen molar-refractivity contribution in [1.82, 2.24) is 14.8 Å². The first-order valence-corrected chi connectivity index (χ1v) is 19.0. The van der Waals surface area contributed by atoms with Crippen LogP contribution in [0.15, 0.2) is 24.3 Å². The van der Waals surface area contributed by atoms with Crippen molar-refractivity contribution in [1.29, 1.82) is 0 Å². The molecule has 9 heteroatoms. The molecule has 2 saturated carbocycles. The first kappa shape index (κ1) is 27.5. The Bertz CT molecular complexity index is 1910. The quantitative estimate of drug-likeness (QED) is 0.286. The number of piperidine rings is 2. The van der Waals surface area contributed by atoms with Crippen LogP contribution in [-0.4, -0.2) is 84.7 Å². The van der Waals surface area contributed by atoms with Crippen molar-refractivity contribution in [2.75, 3.05) is 26.2 Å². The summed E-state index contributed by atoms with van der Waals surface area (Å²) in [5.74, 6) is 2.77. The van der Waals surface area contributed by atoms with Gasteiger partial charge in [0.1, 0.15) is 0 Å². The molecule has 0 radical (unpaired) electrons. The Balaban J connectivity index is 1.03. The van der Waals surface area contributed by atoms with Crippen molar-refractivity contribution in [2.24, 2.45) is 11.8 Å². The van der Waals surface area contributed by atoms with Crippen LogP contribution in [0, 0.1) is 11.8 Å². The normalized spacial score (nSPS) is 41.3. The van der Waals surface area contributed by atoms with E-state index in [4.69, 9.17) is 9.47 Å². The zero-order valence-corrected chi connectivity index (χ0v) is 27.7. The van der Waals surface area contributed by atoms with Gasteiger partial charge in [-0.2, -0.15) is 0 Å². The lowest BCUT2D eigenvalue weighted by Crippen LogP contribution is -2.75. The van der Waals surface area contributed by atoms with E-state index >= 15 is 0 Å². The van der Waals surface area contributed by atoms with Gasteiger partial charge >= 0.3 is 0 Å². The molecule has 9 nitrogen and oxygen atoms in total. The van der Waals surface area contributed by atoms with Gasteiger partial charge in [-0.25, -0.2) is 0 Å². The van der Waals surface area contributed by atoms with E-state index in [9.17, 15) is 20.4 Å². The van der Waals surface area contributed by atoms with Crippen molar-refractivity contribution >= 4 is 0 Å². The van der Waals surface area contributed by atoms with Crippen LogP contribution in [0.4, 0.5) is 0 Å². The third-order valence-electron chi connectivity index (χ3n) is 15.7. The number of nitrogens with one attached hydrogen (secondary N) is 1. The number of phenolic OH excluding ortho intramolecular Hbond substituents is 2. The van der Waals surface area contributed by atoms with Gasteiger partial charge in [0.2, 0.25) is 0 Å². The van der Waals surface area contributed by atoms with E-state index in [0.29, 0.717) is 36.2 Å². The Hall–Kier alpha value is -3.24. The highest BCUT2D eigenvalue weighted by molar-refractivity contribution is 5.68. The second-order valence-electron chi connectivity index (χ2n) is 17.8. The Kier molecular flexibility index (Phi) is 4.64. The van der Waals surface area contributed by atoms with Crippen LogP contribution in [0.2, 0.25) is 0 Å². The van der Waals surface area contributed by atoms with Gasteiger partial charge in [0.15, 0.2) is 35.2 Å². The molecule has 0 amide bonds. The molecule has 3 aromatic rings. The SMILES string of the molecule is Oc1ccc2c3c1O[C@H]1c4[nH]c5c(c4C[C@]4(O)[C@@H](C2)N(CC2CC2)CC[C@@]314)C[C@]1(O)[C@H]2Cc3ccc(O)c4c3[C@]1(CCN2CC1CC1)[C@H]5O4. The van der Waals surface area contributed by atoms with Crippen molar-refractivity contribution in [3.63, 3.8) is 0 Å². The first-order valence-electron chi connectivity index (χ1n) is 19.0. The van der Waals surface area contributed by atoms with Gasteiger partial charge in [-0.15, -0.1) is 0 Å². The monoisotopic (exact) mass is 661 g/mol. The van der Waals surface area contributed by atoms with Crippen molar-refractivity contribution < 1.29 is 29.9 Å². The smallest absolute Gasteiger partial charge is 0.166 e. The minimum Gasteiger partial charge on any atom is -0.504 e. The van der Waals surface area contributed by atoms with E-state index in [1.807, 2.05) is 0 Å². The van der Waals surface area contributed by atoms with Crippen molar-refractivity contribution in [3.05, 3.63) is 69.0 Å². The van der Waals surface area contributed by atoms with Gasteiger partial charge in [0.05, 0.1) is 33.4 Å². The summed E-state index contributed by atoms with van der Waals surface area (Å²) in [6.45, 7) is 3.84. The summed E-state index contributed by atoms with van der Waals surface area (Å²) in [6.07, 6.45) is 8.06. The molecule has 1 aromatic heterocycles. The number of aromatic hydroxyl groups is 2. The fourth-order valence-corrected chi connectivity index (χ4v) is 13.4. The number of likely N-dealkylation sites (tertiary alicyclic amines) is 2. The summed E-state index contributed by atoms with van der Waals surface area (Å²) in [4.78, 5) is 9.05. The van der Waals surface area contributed by atoms with Crippen LogP contribution in [-0.2, 0) is 36.5 Å². The molecule has 13 rings (SSSR count). The van der Waals surface area contributed by atoms with Gasteiger partial charge in [-0.05, 0) is 111 Å². The molecule has 8 atom stereocenters. The lowest BCUT2D eigenvalue weighted by molar-refractivity contribution is -0.176. The molecule has 4 bridgehead atoms. The zero-order chi connectivity index (χ0) is 32.4. The van der Waals surface area contributed by atoms with Crippen molar-refractivity contribution in [3.8, 4) is 23.0 Å². The highest BCUT2D eigenvalue weighted by atomic mass is 16.5. The number of rotatable bonds is 4. The Morgan fingerprint density at radius 2 is 1.12 bits per heavy atom. The molecule has 4 fully saturated rings. The summed E-state index contributed by atoms with van der Waals surface area (Å²) in [7, 11) is 0. The van der Waals surface area contributed by atoms with E-state index in [1.54, 1.807) is 12.1 Å². The maximum absolute atomic E-state index is 13.5. The van der Waals surface area contributed by atoms with E-state index in [0.717, 1.165) is 85.5 Å². The van der Waals surface area contributed by atoms with Gasteiger partial charge in [0.25, 0.3) is 0 Å². The molecule has 2 saturated heterocycles. The van der Waals surface area contributed by atoms with Crippen LogP contribution >= 0.6 is 0 Å². The summed E-state index contributed by atoms with van der Waals surface area (Å²) in [5.41, 5.74) is 4.93. The summed E-state index contributed by atoms with van der Waals surface area (Å²) >= 11 is 0. The average Bonchev–Trinajstić information content (AvgIpc) is 3.98. The maximum atomic E-state index is 13.5. The Morgan fingerprint density at radius 1 is 0.673 bits per heavy atom. The van der Waals surface area contributed by atoms with Gasteiger partial charge in [0, 0.05) is 49.1 Å². The number of aromatic amines is 1. The van der Waals surface area contributed by atoms with Crippen LogP contribution in [0.5, 0.6) is 23.0 Å². The predicted octanol–water partition coefficient (Wildman–Crippen LogP) is 3.82. The number of nitrogens with zero attached hydrogens (tertiary/aromatic N) is 2. The Morgan fingerprint density at radius 3 is 1.55 bits per heavy atom. The highest BCUT2D eigenvalue weighted by Gasteiger charge is 2.76. The second kappa shape index (κ2) is 8.28. The number of H-pyrrole nitrogens is 1. The molecule has 10 aliphatic rings. The number of aliphatic hydroxyl groups is 2. The third-order valence-corrected chi connectivity index (χ3v) is 15.7. The second-order valence-corrected chi connectivity index (χ2v) is 17.8. The molecule has 4 aliphatic heterocycles. The standard InChI is InChI=1S/C40H43N3O6/c44-25-7-5-21-13-27-39(46)15-23-24-16-40(47)28-14-22-6-8-26(45)34-30(22)38(40,10-12-43(28)18-20-3-4-20)36(49-34)32(24)41-31(23)35-37(39,29(21)33(25)48-35)9-11-42(27)17-19-1-2-19/h5-8,19-20,27-28,35-36,41,44-47H,1-4,9-18H2/t27-,28-,35+,36+,37-,38-,39+,40+/m1/s1. The number of phenols is 2. The summed E-state index contributed by atoms with van der Waals surface area (Å²) in [6, 6.07) is 7.56. The maximum Gasteiger partial charge on any atom is 0.166 e. The minimum atomic E-state index is -1.09. The molecule has 5 N–H and O–H groups in total. The molecule has 6 aliphatic carbocycles. The molecule has 49 heavy (non-hydrogen) atoms. The molecule has 254 valence electrons. The zero-order valence-electron chi connectivity index (χ0n) is 27.7. The highest BCUT2D eigenvalue weighted by Crippen LogP contribution is 2.72. The van der Waals surface area contributed by atoms with Gasteiger partial charge in [-0.1, -0.05) is 12.1 Å². The lowest BCUT2D eigenvalue weighted by atomic mass is 9.47. The van der Waals surface area contributed by atoms with Crippen LogP contribution in [0.25, 0.3) is 0 Å². The van der Waals surface area contributed by atoms with Gasteiger partial charge in [-0.3, -0.25) is 9.80 Å². The molecule has 2 aromatic carbocycles. The number of aromatic nitrogens is 1. The van der Waals surface area contributed by atoms with E-state index in [1.165, 1.54) is 36.8 Å². The first-order chi connectivity index (χ1) is 23.7. The summed E-state index contributed by atoms with van der Waals surface area (Å²) in [5, 5.41) is 49.4. The van der Waals surface area contributed by atoms with E-state index in [-0.39, 0.29) is 23.6 Å². The van der Waals surface area contributed by atoms with Crippen molar-refractivity contribution in [2.45, 2.75) is 111 Å². The third kappa shape index (κ3) is 2.87. The molecule has 0 unspecified atom stereocenters. The number of hydrogen-bond donors (Lipinski definition) is 5. The fourth-order valence-electron chi connectivity index (χ4n) is 13.4. The van der Waals surface area contributed by atoms with Gasteiger partial charge < -0.3 is 34.9 Å². The van der Waals surface area contributed by atoms with Crippen LogP contribution < -0.4 is 9.47 Å². The van der Waals surface area contributed by atoms with Crippen LogP contribution in [0.1, 0.15) is 95.5 Å². The molecular weight excluding hydrogens is 618 g/mol. The van der Waals surface area contributed by atoms with Crippen LogP contribution in [0.3, 0.4) is 0 Å². The molecule has 2 spiro atoms. The number of ether oxygens (including phenoxy) is 2. The topological polar surface area (TPSA) is 122 Å². The largest absolute Gasteiger partial charge is 0.504 e. The van der Waals surface area contributed by atoms with E-state index < -0.39 is 34.2 Å². The Labute approximate surface area is 284 Å². The lowest BCUT2D eigenvalue weighted by Gasteiger charge is -2.63. The number of benzene rings is 2. The average molecular weight is 662 g/mol. The number of fused-ring (bicyclic) bond motifs is 5. The minimum absolute atomic E-state index is 0.0535. The van der Waals surface area contributed by atoms with E-state index in [2.05, 4.69) is 26.9 Å². The molecule has 5 heterocycles. The summed E-state index contributed by atoms with van der Waals surface area (Å²) < 4.78 is 13.9. The predicted molar refractivity (Wildman–Crippen MR) is 177 cm³/mol. The fraction of sp³-hybridized carbons (Fsp3) is 0.600. The number of hydrogen-bond acceptors (Lipinski definition) is 8. The molecular formula is C40H43N3O6.